The van der Waals surface area contributed by atoms with Crippen molar-refractivity contribution in [2.24, 2.45) is 5.73 Å². The minimum absolute atomic E-state index is 0.0688. The van der Waals surface area contributed by atoms with Crippen LogP contribution in [-0.2, 0) is 4.74 Å². The van der Waals surface area contributed by atoms with E-state index in [2.05, 4.69) is 5.32 Å². The topological polar surface area (TPSA) is 64.4 Å². The molecule has 1 saturated heterocycles. The van der Waals surface area contributed by atoms with Crippen LogP contribution in [0.25, 0.3) is 0 Å². The number of amides is 1. The van der Waals surface area contributed by atoms with E-state index in [0.29, 0.717) is 32.6 Å². The summed E-state index contributed by atoms with van der Waals surface area (Å²) >= 11 is 0. The molecule has 0 unspecified atom stereocenters. The van der Waals surface area contributed by atoms with Crippen molar-refractivity contribution in [3.63, 3.8) is 0 Å². The maximum absolute atomic E-state index is 13.7. The summed E-state index contributed by atoms with van der Waals surface area (Å²) in [5, 5.41) is 2.88. The van der Waals surface area contributed by atoms with Crippen LogP contribution in [0, 0.1) is 12.7 Å². The lowest BCUT2D eigenvalue weighted by Crippen LogP contribution is -2.56. The summed E-state index contributed by atoms with van der Waals surface area (Å²) in [6, 6.07) is 4.50. The summed E-state index contributed by atoms with van der Waals surface area (Å²) < 4.78 is 19.0. The smallest absolute Gasteiger partial charge is 0.254 e. The highest BCUT2D eigenvalue weighted by Gasteiger charge is 2.33. The third-order valence-electron chi connectivity index (χ3n) is 3.59. The molecule has 0 saturated carbocycles. The maximum Gasteiger partial charge on any atom is 0.254 e. The number of carbonyl (C=O) groups excluding carboxylic acids is 1. The fourth-order valence-corrected chi connectivity index (χ4v) is 2.26. The molecular weight excluding hydrogens is 247 g/mol. The van der Waals surface area contributed by atoms with E-state index < -0.39 is 17.3 Å². The van der Waals surface area contributed by atoms with Gasteiger partial charge in [-0.1, -0.05) is 11.6 Å². The third kappa shape index (κ3) is 3.11. The van der Waals surface area contributed by atoms with Crippen molar-refractivity contribution in [3.05, 3.63) is 35.1 Å². The highest BCUT2D eigenvalue weighted by molar-refractivity contribution is 5.95. The molecule has 0 bridgehead atoms. The van der Waals surface area contributed by atoms with Crippen LogP contribution in [0.4, 0.5) is 4.39 Å². The summed E-state index contributed by atoms with van der Waals surface area (Å²) in [5.74, 6) is -0.920. The average molecular weight is 266 g/mol. The van der Waals surface area contributed by atoms with Crippen molar-refractivity contribution in [3.8, 4) is 0 Å². The van der Waals surface area contributed by atoms with Gasteiger partial charge < -0.3 is 15.8 Å². The number of nitrogens with two attached hydrogens (primary N) is 1. The molecule has 1 aliphatic rings. The van der Waals surface area contributed by atoms with Gasteiger partial charge in [0, 0.05) is 19.8 Å². The predicted octanol–water partition coefficient (Wildman–Crippen LogP) is 1.37. The van der Waals surface area contributed by atoms with Crippen LogP contribution in [0.15, 0.2) is 18.2 Å². The Balaban J connectivity index is 2.17. The van der Waals surface area contributed by atoms with Gasteiger partial charge in [0.05, 0.1) is 11.1 Å². The van der Waals surface area contributed by atoms with E-state index in [-0.39, 0.29) is 5.56 Å². The van der Waals surface area contributed by atoms with Gasteiger partial charge in [0.25, 0.3) is 5.91 Å². The third-order valence-corrected chi connectivity index (χ3v) is 3.59. The minimum atomic E-state index is -0.512. The monoisotopic (exact) mass is 266 g/mol. The molecule has 104 valence electrons. The largest absolute Gasteiger partial charge is 0.381 e. The van der Waals surface area contributed by atoms with Gasteiger partial charge >= 0.3 is 0 Å². The van der Waals surface area contributed by atoms with E-state index >= 15 is 0 Å². The number of hydrogen-bond acceptors (Lipinski definition) is 3. The van der Waals surface area contributed by atoms with Crippen molar-refractivity contribution in [1.82, 2.24) is 5.32 Å². The highest BCUT2D eigenvalue weighted by Crippen LogP contribution is 2.21. The van der Waals surface area contributed by atoms with Crippen molar-refractivity contribution in [1.29, 1.82) is 0 Å². The highest BCUT2D eigenvalue weighted by atomic mass is 19.1. The number of rotatable bonds is 3. The van der Waals surface area contributed by atoms with Crippen LogP contribution in [-0.4, -0.2) is 31.2 Å². The molecular formula is C14H19FN2O2. The lowest BCUT2D eigenvalue weighted by atomic mass is 9.89. The first-order valence-electron chi connectivity index (χ1n) is 6.43. The van der Waals surface area contributed by atoms with Gasteiger partial charge in [-0.25, -0.2) is 4.39 Å². The lowest BCUT2D eigenvalue weighted by Gasteiger charge is -2.37. The molecule has 1 amide bonds. The molecule has 0 radical (unpaired) electrons. The van der Waals surface area contributed by atoms with Crippen molar-refractivity contribution in [2.75, 3.05) is 19.8 Å². The molecule has 4 nitrogen and oxygen atoms in total. The molecule has 1 aliphatic heterocycles. The average Bonchev–Trinajstić information content (AvgIpc) is 2.42. The van der Waals surface area contributed by atoms with Crippen LogP contribution in [0.5, 0.6) is 0 Å². The first-order chi connectivity index (χ1) is 9.06. The lowest BCUT2D eigenvalue weighted by molar-refractivity contribution is 0.0387. The van der Waals surface area contributed by atoms with Crippen molar-refractivity contribution < 1.29 is 13.9 Å². The number of hydrogen-bond donors (Lipinski definition) is 2. The molecule has 19 heavy (non-hydrogen) atoms. The summed E-state index contributed by atoms with van der Waals surface area (Å²) in [5.41, 5.74) is 6.20. The Morgan fingerprint density at radius 3 is 2.79 bits per heavy atom. The van der Waals surface area contributed by atoms with Crippen molar-refractivity contribution in [2.45, 2.75) is 25.3 Å². The number of nitrogens with one attached hydrogen (secondary N) is 1. The number of ether oxygens (including phenoxy) is 1. The molecule has 0 atom stereocenters. The van der Waals surface area contributed by atoms with Crippen LogP contribution in [0.2, 0.25) is 0 Å². The van der Waals surface area contributed by atoms with Crippen LogP contribution in [0.3, 0.4) is 0 Å². The van der Waals surface area contributed by atoms with Crippen LogP contribution >= 0.6 is 0 Å². The molecule has 1 heterocycles. The fourth-order valence-electron chi connectivity index (χ4n) is 2.26. The Kier molecular flexibility index (Phi) is 4.17. The van der Waals surface area contributed by atoms with E-state index in [1.807, 2.05) is 6.92 Å². The number of carbonyl (C=O) groups is 1. The van der Waals surface area contributed by atoms with Gasteiger partial charge in [0.15, 0.2) is 0 Å². The normalized spacial score (nSPS) is 18.1. The molecule has 3 N–H and O–H groups in total. The fraction of sp³-hybridized carbons (Fsp3) is 0.500. The standard InChI is InChI=1S/C14H19FN2O2/c1-10-2-3-12(15)11(8-10)13(18)17-14(9-16)4-6-19-7-5-14/h2-3,8H,4-7,9,16H2,1H3,(H,17,18). The van der Waals surface area contributed by atoms with Gasteiger partial charge in [-0.2, -0.15) is 0 Å². The Bertz CT molecular complexity index is 471. The first kappa shape index (κ1) is 14.0. The quantitative estimate of drug-likeness (QED) is 0.868. The number of halogens is 1. The van der Waals surface area contributed by atoms with Crippen LogP contribution in [0.1, 0.15) is 28.8 Å². The summed E-state index contributed by atoms with van der Waals surface area (Å²) in [6.07, 6.45) is 1.31. The Labute approximate surface area is 112 Å². The molecule has 0 spiro atoms. The second-order valence-electron chi connectivity index (χ2n) is 5.03. The number of aryl methyl sites for hydroxylation is 1. The zero-order valence-corrected chi connectivity index (χ0v) is 11.0. The molecule has 0 aliphatic carbocycles. The summed E-state index contributed by atoms with van der Waals surface area (Å²) in [4.78, 5) is 12.2. The van der Waals surface area contributed by atoms with Gasteiger partial charge in [0.1, 0.15) is 5.82 Å². The van der Waals surface area contributed by atoms with E-state index in [1.165, 1.54) is 6.07 Å². The van der Waals surface area contributed by atoms with Crippen LogP contribution < -0.4 is 11.1 Å². The summed E-state index contributed by atoms with van der Waals surface area (Å²) in [6.45, 7) is 3.28. The van der Waals surface area contributed by atoms with E-state index in [0.717, 1.165) is 5.56 Å². The molecule has 1 fully saturated rings. The number of benzene rings is 1. The second-order valence-corrected chi connectivity index (χ2v) is 5.03. The van der Waals surface area contributed by atoms with E-state index in [9.17, 15) is 9.18 Å². The zero-order chi connectivity index (χ0) is 13.9. The SMILES string of the molecule is Cc1ccc(F)c(C(=O)NC2(CN)CCOCC2)c1. The second kappa shape index (κ2) is 5.67. The van der Waals surface area contributed by atoms with Gasteiger partial charge in [-0.15, -0.1) is 0 Å². The molecule has 0 aromatic heterocycles. The predicted molar refractivity (Wildman–Crippen MR) is 70.4 cm³/mol. The van der Waals surface area contributed by atoms with E-state index in [4.69, 9.17) is 10.5 Å². The Hall–Kier alpha value is -1.46. The summed E-state index contributed by atoms with van der Waals surface area (Å²) in [7, 11) is 0. The Morgan fingerprint density at radius 1 is 1.47 bits per heavy atom. The Morgan fingerprint density at radius 2 is 2.16 bits per heavy atom. The maximum atomic E-state index is 13.7. The molecule has 1 aromatic rings. The van der Waals surface area contributed by atoms with Gasteiger partial charge in [0.2, 0.25) is 0 Å². The van der Waals surface area contributed by atoms with E-state index in [1.54, 1.807) is 12.1 Å². The zero-order valence-electron chi connectivity index (χ0n) is 11.0. The minimum Gasteiger partial charge on any atom is -0.381 e. The van der Waals surface area contributed by atoms with Gasteiger partial charge in [-0.05, 0) is 31.9 Å². The molecule has 1 aromatic carbocycles. The van der Waals surface area contributed by atoms with Crippen molar-refractivity contribution >= 4 is 5.91 Å². The molecule has 5 heteroatoms. The first-order valence-corrected chi connectivity index (χ1v) is 6.43. The van der Waals surface area contributed by atoms with Gasteiger partial charge in [-0.3, -0.25) is 4.79 Å². The molecule has 2 rings (SSSR count).